The molecule has 1 aromatic heterocycles. The topological polar surface area (TPSA) is 28.2 Å². The third-order valence-electron chi connectivity index (χ3n) is 2.38. The van der Waals surface area contributed by atoms with Crippen molar-refractivity contribution in [1.82, 2.24) is 15.2 Å². The van der Waals surface area contributed by atoms with Crippen molar-refractivity contribution in [2.24, 2.45) is 0 Å². The molecule has 1 aromatic rings. The molecule has 0 aromatic carbocycles. The van der Waals surface area contributed by atoms with Gasteiger partial charge in [-0.3, -0.25) is 0 Å². The molecule has 14 heavy (non-hydrogen) atoms. The first kappa shape index (κ1) is 11.6. The zero-order valence-corrected chi connectivity index (χ0v) is 9.97. The van der Waals surface area contributed by atoms with Gasteiger partial charge in [-0.05, 0) is 20.5 Å². The van der Waals surface area contributed by atoms with E-state index in [-0.39, 0.29) is 0 Å². The van der Waals surface area contributed by atoms with Crippen molar-refractivity contribution in [3.05, 3.63) is 16.6 Å². The Morgan fingerprint density at radius 2 is 2.43 bits per heavy atom. The normalized spacial score (nSPS) is 13.4. The van der Waals surface area contributed by atoms with Crippen molar-refractivity contribution in [3.63, 3.8) is 0 Å². The van der Waals surface area contributed by atoms with Gasteiger partial charge in [0.25, 0.3) is 0 Å². The molecule has 0 radical (unpaired) electrons. The molecule has 0 spiro atoms. The van der Waals surface area contributed by atoms with Crippen LogP contribution in [0.1, 0.15) is 25.6 Å². The van der Waals surface area contributed by atoms with E-state index in [0.717, 1.165) is 25.3 Å². The Morgan fingerprint density at radius 1 is 1.64 bits per heavy atom. The standard InChI is InChI=1S/C10H19N3S/c1-4-13(3)6-5-11-9(2)10-7-14-8-12-10/h7-9,11H,4-6H2,1-3H3. The van der Waals surface area contributed by atoms with E-state index in [1.165, 1.54) is 0 Å². The number of nitrogens with one attached hydrogen (secondary N) is 1. The van der Waals surface area contributed by atoms with E-state index < -0.39 is 0 Å². The molecular weight excluding hydrogens is 194 g/mol. The van der Waals surface area contributed by atoms with Gasteiger partial charge >= 0.3 is 0 Å². The number of hydrogen-bond acceptors (Lipinski definition) is 4. The van der Waals surface area contributed by atoms with E-state index in [1.807, 2.05) is 5.51 Å². The van der Waals surface area contributed by atoms with Crippen LogP contribution in [0.5, 0.6) is 0 Å². The van der Waals surface area contributed by atoms with Gasteiger partial charge < -0.3 is 10.2 Å². The van der Waals surface area contributed by atoms with Crippen LogP contribution < -0.4 is 5.32 Å². The van der Waals surface area contributed by atoms with E-state index in [1.54, 1.807) is 11.3 Å². The highest BCUT2D eigenvalue weighted by atomic mass is 32.1. The lowest BCUT2D eigenvalue weighted by Gasteiger charge is -2.16. The Hall–Kier alpha value is -0.450. The third kappa shape index (κ3) is 3.74. The van der Waals surface area contributed by atoms with Gasteiger partial charge in [0.05, 0.1) is 11.2 Å². The van der Waals surface area contributed by atoms with Gasteiger partial charge in [-0.25, -0.2) is 4.98 Å². The first-order valence-corrected chi connectivity index (χ1v) is 5.98. The van der Waals surface area contributed by atoms with E-state index >= 15 is 0 Å². The van der Waals surface area contributed by atoms with Crippen molar-refractivity contribution in [3.8, 4) is 0 Å². The first-order valence-electron chi connectivity index (χ1n) is 5.04. The summed E-state index contributed by atoms with van der Waals surface area (Å²) in [5.41, 5.74) is 3.03. The Morgan fingerprint density at radius 3 is 3.00 bits per heavy atom. The number of nitrogens with zero attached hydrogens (tertiary/aromatic N) is 2. The van der Waals surface area contributed by atoms with Crippen LogP contribution in [0.3, 0.4) is 0 Å². The average Bonchev–Trinajstić information content (AvgIpc) is 2.70. The highest BCUT2D eigenvalue weighted by Crippen LogP contribution is 2.10. The van der Waals surface area contributed by atoms with Gasteiger partial charge in [0.2, 0.25) is 0 Å². The molecule has 1 heterocycles. The van der Waals surface area contributed by atoms with E-state index in [0.29, 0.717) is 6.04 Å². The summed E-state index contributed by atoms with van der Waals surface area (Å²) in [6.07, 6.45) is 0. The highest BCUT2D eigenvalue weighted by molar-refractivity contribution is 7.07. The van der Waals surface area contributed by atoms with Crippen molar-refractivity contribution in [2.75, 3.05) is 26.7 Å². The summed E-state index contributed by atoms with van der Waals surface area (Å²) in [7, 11) is 2.13. The highest BCUT2D eigenvalue weighted by Gasteiger charge is 2.05. The van der Waals surface area contributed by atoms with Crippen LogP contribution in [0.4, 0.5) is 0 Å². The molecule has 4 heteroatoms. The third-order valence-corrected chi connectivity index (χ3v) is 2.98. The van der Waals surface area contributed by atoms with Gasteiger partial charge in [-0.1, -0.05) is 6.92 Å². The second kappa shape index (κ2) is 6.11. The summed E-state index contributed by atoms with van der Waals surface area (Å²) in [4.78, 5) is 6.57. The molecule has 0 bridgehead atoms. The number of hydrogen-bond donors (Lipinski definition) is 1. The summed E-state index contributed by atoms with van der Waals surface area (Å²) in [6, 6.07) is 0.367. The molecular formula is C10H19N3S. The smallest absolute Gasteiger partial charge is 0.0795 e. The molecule has 1 unspecified atom stereocenters. The predicted molar refractivity (Wildman–Crippen MR) is 61.7 cm³/mol. The number of rotatable bonds is 6. The molecule has 1 N–H and O–H groups in total. The molecule has 0 saturated heterocycles. The molecule has 0 aliphatic carbocycles. The molecule has 3 nitrogen and oxygen atoms in total. The lowest BCUT2D eigenvalue weighted by Crippen LogP contribution is -2.30. The monoisotopic (exact) mass is 213 g/mol. The minimum atomic E-state index is 0.367. The summed E-state index contributed by atoms with van der Waals surface area (Å²) >= 11 is 1.65. The fourth-order valence-corrected chi connectivity index (χ4v) is 1.82. The zero-order chi connectivity index (χ0) is 10.4. The quantitative estimate of drug-likeness (QED) is 0.780. The second-order valence-corrected chi connectivity index (χ2v) is 4.20. The Balaban J connectivity index is 2.19. The maximum absolute atomic E-state index is 4.28. The van der Waals surface area contributed by atoms with Crippen molar-refractivity contribution in [1.29, 1.82) is 0 Å². The number of aromatic nitrogens is 1. The molecule has 80 valence electrons. The molecule has 0 amide bonds. The van der Waals surface area contributed by atoms with Gasteiger partial charge in [0.1, 0.15) is 0 Å². The molecule has 0 saturated carbocycles. The van der Waals surface area contributed by atoms with Gasteiger partial charge in [0, 0.05) is 24.5 Å². The van der Waals surface area contributed by atoms with E-state index in [4.69, 9.17) is 0 Å². The summed E-state index contributed by atoms with van der Waals surface area (Å²) in [5, 5.41) is 5.55. The molecule has 0 aliphatic rings. The van der Waals surface area contributed by atoms with Gasteiger partial charge in [0.15, 0.2) is 0 Å². The number of likely N-dealkylation sites (N-methyl/N-ethyl adjacent to an activating group) is 1. The maximum Gasteiger partial charge on any atom is 0.0795 e. The Labute approximate surface area is 90.2 Å². The lowest BCUT2D eigenvalue weighted by atomic mass is 10.2. The minimum absolute atomic E-state index is 0.367. The van der Waals surface area contributed by atoms with Crippen molar-refractivity contribution in [2.45, 2.75) is 19.9 Å². The van der Waals surface area contributed by atoms with E-state index in [2.05, 4.69) is 41.5 Å². The van der Waals surface area contributed by atoms with Gasteiger partial charge in [-0.15, -0.1) is 11.3 Å². The summed E-state index contributed by atoms with van der Waals surface area (Å²) in [5.74, 6) is 0. The maximum atomic E-state index is 4.28. The van der Waals surface area contributed by atoms with Crippen molar-refractivity contribution >= 4 is 11.3 Å². The largest absolute Gasteiger partial charge is 0.308 e. The van der Waals surface area contributed by atoms with E-state index in [9.17, 15) is 0 Å². The zero-order valence-electron chi connectivity index (χ0n) is 9.16. The Bertz CT molecular complexity index is 236. The molecule has 0 fully saturated rings. The summed E-state index contributed by atoms with van der Waals surface area (Å²) in [6.45, 7) is 7.53. The number of thiazole rings is 1. The van der Waals surface area contributed by atoms with Crippen LogP contribution in [-0.4, -0.2) is 36.6 Å². The van der Waals surface area contributed by atoms with Crippen molar-refractivity contribution < 1.29 is 0 Å². The van der Waals surface area contributed by atoms with Crippen LogP contribution in [0, 0.1) is 0 Å². The predicted octanol–water partition coefficient (Wildman–Crippen LogP) is 1.75. The molecule has 1 atom stereocenters. The van der Waals surface area contributed by atoms with Gasteiger partial charge in [-0.2, -0.15) is 0 Å². The fourth-order valence-electron chi connectivity index (χ4n) is 1.17. The minimum Gasteiger partial charge on any atom is -0.308 e. The molecule has 1 rings (SSSR count). The fraction of sp³-hybridized carbons (Fsp3) is 0.700. The van der Waals surface area contributed by atoms with Crippen LogP contribution in [0.25, 0.3) is 0 Å². The van der Waals surface area contributed by atoms with Crippen LogP contribution in [0.2, 0.25) is 0 Å². The van der Waals surface area contributed by atoms with Crippen LogP contribution in [0.15, 0.2) is 10.9 Å². The van der Waals surface area contributed by atoms with Crippen LogP contribution in [-0.2, 0) is 0 Å². The van der Waals surface area contributed by atoms with Crippen LogP contribution >= 0.6 is 11.3 Å². The lowest BCUT2D eigenvalue weighted by molar-refractivity contribution is 0.342. The average molecular weight is 213 g/mol. The molecule has 0 aliphatic heterocycles. The second-order valence-electron chi connectivity index (χ2n) is 3.49. The first-order chi connectivity index (χ1) is 6.74. The Kier molecular flexibility index (Phi) is 5.07. The summed E-state index contributed by atoms with van der Waals surface area (Å²) < 4.78 is 0. The SMILES string of the molecule is CCN(C)CCNC(C)c1cscn1.